The standard InChI is InChI=1S/C15H14N2O3S/c1-9(16-15(19)13-3-2-6-21-13)10-4-5-12-11(7-10)17-14(18)8-20-12/h2-7,9H,8H2,1H3,(H,16,19)(H,17,18)/t9-/m0/s1. The van der Waals surface area contributed by atoms with Gasteiger partial charge in [0.2, 0.25) is 0 Å². The van der Waals surface area contributed by atoms with Crippen LogP contribution in [-0.4, -0.2) is 18.4 Å². The van der Waals surface area contributed by atoms with E-state index >= 15 is 0 Å². The highest BCUT2D eigenvalue weighted by molar-refractivity contribution is 7.12. The number of carbonyl (C=O) groups excluding carboxylic acids is 2. The molecule has 3 rings (SSSR count). The summed E-state index contributed by atoms with van der Waals surface area (Å²) in [7, 11) is 0. The van der Waals surface area contributed by atoms with Crippen LogP contribution in [0.1, 0.15) is 28.2 Å². The van der Waals surface area contributed by atoms with Gasteiger partial charge in [0.15, 0.2) is 6.61 Å². The minimum atomic E-state index is -0.171. The second-order valence-electron chi connectivity index (χ2n) is 4.76. The molecule has 1 aromatic carbocycles. The Morgan fingerprint density at radius 2 is 2.29 bits per heavy atom. The van der Waals surface area contributed by atoms with Gasteiger partial charge in [0.1, 0.15) is 5.75 Å². The highest BCUT2D eigenvalue weighted by atomic mass is 32.1. The molecule has 0 unspecified atom stereocenters. The molecule has 5 nitrogen and oxygen atoms in total. The van der Waals surface area contributed by atoms with E-state index < -0.39 is 0 Å². The highest BCUT2D eigenvalue weighted by Gasteiger charge is 2.18. The van der Waals surface area contributed by atoms with Crippen LogP contribution in [0.5, 0.6) is 5.75 Å². The molecule has 1 aliphatic rings. The third-order valence-electron chi connectivity index (χ3n) is 3.23. The molecule has 0 saturated heterocycles. The minimum Gasteiger partial charge on any atom is -0.482 e. The number of nitrogens with one attached hydrogen (secondary N) is 2. The largest absolute Gasteiger partial charge is 0.482 e. The Labute approximate surface area is 125 Å². The van der Waals surface area contributed by atoms with Crippen molar-refractivity contribution in [1.29, 1.82) is 0 Å². The van der Waals surface area contributed by atoms with Gasteiger partial charge in [-0.25, -0.2) is 0 Å². The first-order valence-electron chi connectivity index (χ1n) is 6.54. The summed E-state index contributed by atoms with van der Waals surface area (Å²) in [5, 5.41) is 7.56. The summed E-state index contributed by atoms with van der Waals surface area (Å²) in [5.74, 6) is 0.376. The van der Waals surface area contributed by atoms with E-state index in [1.54, 1.807) is 12.1 Å². The average molecular weight is 302 g/mol. The molecule has 0 saturated carbocycles. The molecule has 2 N–H and O–H groups in total. The van der Waals surface area contributed by atoms with E-state index in [-0.39, 0.29) is 24.5 Å². The zero-order valence-electron chi connectivity index (χ0n) is 11.4. The van der Waals surface area contributed by atoms with E-state index in [0.29, 0.717) is 16.3 Å². The van der Waals surface area contributed by atoms with Crippen molar-refractivity contribution in [2.24, 2.45) is 0 Å². The first-order valence-corrected chi connectivity index (χ1v) is 7.42. The smallest absolute Gasteiger partial charge is 0.262 e. The summed E-state index contributed by atoms with van der Waals surface area (Å²) < 4.78 is 5.31. The molecule has 6 heteroatoms. The number of carbonyl (C=O) groups is 2. The molecule has 108 valence electrons. The van der Waals surface area contributed by atoms with Crippen molar-refractivity contribution in [2.75, 3.05) is 11.9 Å². The summed E-state index contributed by atoms with van der Waals surface area (Å²) >= 11 is 1.40. The molecule has 1 aliphatic heterocycles. The van der Waals surface area contributed by atoms with E-state index in [1.165, 1.54) is 11.3 Å². The number of thiophene rings is 1. The number of amides is 2. The van der Waals surface area contributed by atoms with Crippen LogP contribution >= 0.6 is 11.3 Å². The highest BCUT2D eigenvalue weighted by Crippen LogP contribution is 2.30. The minimum absolute atomic E-state index is 0.0387. The third-order valence-corrected chi connectivity index (χ3v) is 4.10. The van der Waals surface area contributed by atoms with Crippen molar-refractivity contribution in [3.8, 4) is 5.75 Å². The Kier molecular flexibility index (Phi) is 3.62. The molecule has 0 bridgehead atoms. The predicted molar refractivity (Wildman–Crippen MR) is 80.8 cm³/mol. The van der Waals surface area contributed by atoms with Gasteiger partial charge in [0.25, 0.3) is 11.8 Å². The van der Waals surface area contributed by atoms with Gasteiger partial charge in [-0.3, -0.25) is 9.59 Å². The summed E-state index contributed by atoms with van der Waals surface area (Å²) in [6.07, 6.45) is 0. The van der Waals surface area contributed by atoms with Crippen molar-refractivity contribution < 1.29 is 14.3 Å². The normalized spacial score (nSPS) is 14.6. The number of hydrogen-bond donors (Lipinski definition) is 2. The van der Waals surface area contributed by atoms with E-state index in [2.05, 4.69) is 10.6 Å². The predicted octanol–water partition coefficient (Wildman–Crippen LogP) is 2.57. The number of fused-ring (bicyclic) bond motifs is 1. The van der Waals surface area contributed by atoms with Gasteiger partial charge < -0.3 is 15.4 Å². The van der Waals surface area contributed by atoms with Gasteiger partial charge in [-0.15, -0.1) is 11.3 Å². The molecule has 21 heavy (non-hydrogen) atoms. The van der Waals surface area contributed by atoms with Crippen LogP contribution in [-0.2, 0) is 4.79 Å². The SMILES string of the molecule is C[C@H](NC(=O)c1cccs1)c1ccc2c(c1)NC(=O)CO2. The topological polar surface area (TPSA) is 67.4 Å². The van der Waals surface area contributed by atoms with E-state index in [9.17, 15) is 9.59 Å². The zero-order valence-corrected chi connectivity index (χ0v) is 12.2. The molecular formula is C15H14N2O3S. The van der Waals surface area contributed by atoms with Crippen molar-refractivity contribution in [1.82, 2.24) is 5.32 Å². The molecule has 1 atom stereocenters. The second-order valence-corrected chi connectivity index (χ2v) is 5.71. The molecule has 0 aliphatic carbocycles. The van der Waals surface area contributed by atoms with Gasteiger partial charge in [-0.2, -0.15) is 0 Å². The van der Waals surface area contributed by atoms with Crippen LogP contribution in [0.3, 0.4) is 0 Å². The number of rotatable bonds is 3. The fourth-order valence-corrected chi connectivity index (χ4v) is 2.76. The monoisotopic (exact) mass is 302 g/mol. The van der Waals surface area contributed by atoms with Crippen LogP contribution in [0.25, 0.3) is 0 Å². The van der Waals surface area contributed by atoms with Gasteiger partial charge in [0.05, 0.1) is 16.6 Å². The Morgan fingerprint density at radius 1 is 1.43 bits per heavy atom. The molecule has 1 aromatic heterocycles. The van der Waals surface area contributed by atoms with Crippen molar-refractivity contribution in [2.45, 2.75) is 13.0 Å². The average Bonchev–Trinajstić information content (AvgIpc) is 3.00. The lowest BCUT2D eigenvalue weighted by Crippen LogP contribution is -2.27. The number of hydrogen-bond acceptors (Lipinski definition) is 4. The second kappa shape index (κ2) is 5.57. The van der Waals surface area contributed by atoms with Gasteiger partial charge in [-0.05, 0) is 36.1 Å². The van der Waals surface area contributed by atoms with Gasteiger partial charge >= 0.3 is 0 Å². The maximum absolute atomic E-state index is 12.0. The molecule has 2 aromatic rings. The molecule has 2 heterocycles. The Balaban J connectivity index is 1.76. The number of ether oxygens (including phenoxy) is 1. The first kappa shape index (κ1) is 13.6. The van der Waals surface area contributed by atoms with Crippen LogP contribution < -0.4 is 15.4 Å². The van der Waals surface area contributed by atoms with E-state index in [4.69, 9.17) is 4.74 Å². The van der Waals surface area contributed by atoms with Crippen molar-refractivity contribution in [3.63, 3.8) is 0 Å². The summed E-state index contributed by atoms with van der Waals surface area (Å²) in [5.41, 5.74) is 1.55. The molecule has 0 spiro atoms. The quantitative estimate of drug-likeness (QED) is 0.915. The van der Waals surface area contributed by atoms with Crippen LogP contribution in [0, 0.1) is 0 Å². The van der Waals surface area contributed by atoms with E-state index in [0.717, 1.165) is 5.56 Å². The van der Waals surface area contributed by atoms with Gasteiger partial charge in [0, 0.05) is 0 Å². The van der Waals surface area contributed by atoms with Crippen LogP contribution in [0.2, 0.25) is 0 Å². The maximum Gasteiger partial charge on any atom is 0.262 e. The molecule has 0 radical (unpaired) electrons. The summed E-state index contributed by atoms with van der Waals surface area (Å²) in [4.78, 5) is 24.0. The Bertz CT molecular complexity index is 682. The lowest BCUT2D eigenvalue weighted by atomic mass is 10.1. The third kappa shape index (κ3) is 2.90. The van der Waals surface area contributed by atoms with E-state index in [1.807, 2.05) is 30.5 Å². The fourth-order valence-electron chi connectivity index (χ4n) is 2.13. The van der Waals surface area contributed by atoms with Crippen LogP contribution in [0.15, 0.2) is 35.7 Å². The zero-order chi connectivity index (χ0) is 14.8. The Hall–Kier alpha value is -2.34. The fraction of sp³-hybridized carbons (Fsp3) is 0.200. The van der Waals surface area contributed by atoms with Crippen LogP contribution in [0.4, 0.5) is 5.69 Å². The molecule has 0 fully saturated rings. The lowest BCUT2D eigenvalue weighted by Gasteiger charge is -2.20. The molecule has 2 amide bonds. The summed E-state index contributed by atoms with van der Waals surface area (Å²) in [6, 6.07) is 8.98. The Morgan fingerprint density at radius 3 is 3.05 bits per heavy atom. The van der Waals surface area contributed by atoms with Crippen molar-refractivity contribution in [3.05, 3.63) is 46.2 Å². The maximum atomic E-state index is 12.0. The molecular weight excluding hydrogens is 288 g/mol. The number of anilines is 1. The summed E-state index contributed by atoms with van der Waals surface area (Å²) in [6.45, 7) is 1.94. The van der Waals surface area contributed by atoms with Crippen molar-refractivity contribution >= 4 is 28.8 Å². The first-order chi connectivity index (χ1) is 10.1. The van der Waals surface area contributed by atoms with Gasteiger partial charge in [-0.1, -0.05) is 12.1 Å². The number of benzene rings is 1. The lowest BCUT2D eigenvalue weighted by molar-refractivity contribution is -0.118.